The molecule has 0 radical (unpaired) electrons. The van der Waals surface area contributed by atoms with E-state index in [1.165, 1.54) is 25.2 Å². The number of ether oxygens (including phenoxy) is 2. The predicted molar refractivity (Wildman–Crippen MR) is 96.7 cm³/mol. The Bertz CT molecular complexity index is 902. The van der Waals surface area contributed by atoms with Gasteiger partial charge in [-0.25, -0.2) is 0 Å². The van der Waals surface area contributed by atoms with E-state index in [9.17, 15) is 14.4 Å². The second kappa shape index (κ2) is 6.72. The third kappa shape index (κ3) is 2.78. The van der Waals surface area contributed by atoms with Gasteiger partial charge in [0.15, 0.2) is 5.92 Å². The number of methoxy groups -OCH3 is 2. The highest BCUT2D eigenvalue weighted by Gasteiger charge is 2.46. The second-order valence-corrected chi connectivity index (χ2v) is 7.14. The van der Waals surface area contributed by atoms with Gasteiger partial charge < -0.3 is 19.4 Å². The summed E-state index contributed by atoms with van der Waals surface area (Å²) in [4.78, 5) is 42.5. The van der Waals surface area contributed by atoms with Gasteiger partial charge in [0.25, 0.3) is 0 Å². The predicted octanol–water partition coefficient (Wildman–Crippen LogP) is 1.97. The molecule has 7 nitrogen and oxygen atoms in total. The zero-order chi connectivity index (χ0) is 19.1. The molecule has 3 heterocycles. The molecule has 2 aromatic rings. The molecule has 2 atom stereocenters. The lowest BCUT2D eigenvalue weighted by atomic mass is 9.78. The van der Waals surface area contributed by atoms with Gasteiger partial charge in [0.1, 0.15) is 0 Å². The molecule has 0 saturated carbocycles. The van der Waals surface area contributed by atoms with Crippen LogP contribution in [0.3, 0.4) is 0 Å². The van der Waals surface area contributed by atoms with Crippen molar-refractivity contribution in [3.8, 4) is 0 Å². The van der Waals surface area contributed by atoms with Gasteiger partial charge in [0.05, 0.1) is 20.3 Å². The van der Waals surface area contributed by atoms with E-state index < -0.39 is 23.8 Å². The number of para-hydroxylation sites is 1. The number of nitrogens with one attached hydrogen (secondary N) is 1. The molecule has 1 amide bonds. The first-order chi connectivity index (χ1) is 13.0. The van der Waals surface area contributed by atoms with Gasteiger partial charge in [0, 0.05) is 29.6 Å². The maximum atomic E-state index is 12.8. The Kier molecular flexibility index (Phi) is 4.37. The lowest BCUT2D eigenvalue weighted by Crippen LogP contribution is -2.48. The summed E-state index contributed by atoms with van der Waals surface area (Å²) >= 11 is 0. The van der Waals surface area contributed by atoms with Crippen molar-refractivity contribution in [2.45, 2.75) is 25.3 Å². The van der Waals surface area contributed by atoms with Crippen LogP contribution in [0.25, 0.3) is 10.9 Å². The molecule has 4 rings (SSSR count). The SMILES string of the molecule is COC(=O)C(C(=O)OC)C1CC(=O)N2CCc3c([nH]c4ccccc34)[C@@H]2C1. The standard InChI is InChI=1S/C20H22N2O5/c1-26-19(24)17(20(25)27-2)11-9-15-18-13(7-8-22(15)16(23)10-11)12-5-3-4-6-14(12)21-18/h3-6,11,15,17,21H,7-10H2,1-2H3/t11?,15-/m0/s1. The number of benzene rings is 1. The Morgan fingerprint density at radius 1 is 1.19 bits per heavy atom. The van der Waals surface area contributed by atoms with Crippen molar-refractivity contribution in [3.05, 3.63) is 35.5 Å². The maximum absolute atomic E-state index is 12.8. The summed E-state index contributed by atoms with van der Waals surface area (Å²) in [5, 5.41) is 1.17. The van der Waals surface area contributed by atoms with Crippen molar-refractivity contribution in [2.75, 3.05) is 20.8 Å². The largest absolute Gasteiger partial charge is 0.468 e. The number of nitrogens with zero attached hydrogens (tertiary/aromatic N) is 1. The lowest BCUT2D eigenvalue weighted by Gasteiger charge is -2.43. The number of hydrogen-bond donors (Lipinski definition) is 1. The first-order valence-electron chi connectivity index (χ1n) is 9.09. The lowest BCUT2D eigenvalue weighted by molar-refractivity contribution is -0.164. The highest BCUT2D eigenvalue weighted by atomic mass is 16.5. The fraction of sp³-hybridized carbons (Fsp3) is 0.450. The molecule has 2 aliphatic heterocycles. The first-order valence-corrected chi connectivity index (χ1v) is 9.09. The molecular weight excluding hydrogens is 348 g/mol. The van der Waals surface area contributed by atoms with Gasteiger partial charge in [-0.3, -0.25) is 14.4 Å². The molecule has 27 heavy (non-hydrogen) atoms. The molecule has 1 N–H and O–H groups in total. The van der Waals surface area contributed by atoms with Crippen LogP contribution < -0.4 is 0 Å². The van der Waals surface area contributed by atoms with Gasteiger partial charge in [-0.15, -0.1) is 0 Å². The third-order valence-electron chi connectivity index (χ3n) is 5.82. The number of carbonyl (C=O) groups excluding carboxylic acids is 3. The van der Waals surface area contributed by atoms with E-state index in [-0.39, 0.29) is 18.4 Å². The van der Waals surface area contributed by atoms with Crippen molar-refractivity contribution >= 4 is 28.7 Å². The average molecular weight is 370 g/mol. The quantitative estimate of drug-likeness (QED) is 0.659. The first kappa shape index (κ1) is 17.6. The molecule has 1 fully saturated rings. The van der Waals surface area contributed by atoms with E-state index in [1.54, 1.807) is 0 Å². The Balaban J connectivity index is 1.72. The molecule has 0 aliphatic carbocycles. The average Bonchev–Trinajstić information content (AvgIpc) is 3.07. The number of esters is 2. The highest BCUT2D eigenvalue weighted by Crippen LogP contribution is 2.43. The number of aromatic nitrogens is 1. The molecule has 1 aromatic carbocycles. The minimum Gasteiger partial charge on any atom is -0.468 e. The summed E-state index contributed by atoms with van der Waals surface area (Å²) in [6.07, 6.45) is 1.45. The summed E-state index contributed by atoms with van der Waals surface area (Å²) in [7, 11) is 2.48. The van der Waals surface area contributed by atoms with E-state index in [0.29, 0.717) is 13.0 Å². The number of piperidine rings is 1. The van der Waals surface area contributed by atoms with Crippen LogP contribution >= 0.6 is 0 Å². The summed E-state index contributed by atoms with van der Waals surface area (Å²) in [5.41, 5.74) is 3.26. The maximum Gasteiger partial charge on any atom is 0.320 e. The van der Waals surface area contributed by atoms with Crippen molar-refractivity contribution in [1.29, 1.82) is 0 Å². The van der Waals surface area contributed by atoms with Crippen LogP contribution in [0.5, 0.6) is 0 Å². The van der Waals surface area contributed by atoms with Crippen LogP contribution in [0, 0.1) is 11.8 Å². The Hall–Kier alpha value is -2.83. The van der Waals surface area contributed by atoms with Crippen molar-refractivity contribution in [1.82, 2.24) is 9.88 Å². The summed E-state index contributed by atoms with van der Waals surface area (Å²) < 4.78 is 9.61. The van der Waals surface area contributed by atoms with Crippen molar-refractivity contribution < 1.29 is 23.9 Å². The van der Waals surface area contributed by atoms with E-state index in [2.05, 4.69) is 11.1 Å². The summed E-state index contributed by atoms with van der Waals surface area (Å²) in [5.74, 6) is -2.88. The number of H-pyrrole nitrogens is 1. The van der Waals surface area contributed by atoms with Crippen molar-refractivity contribution in [3.63, 3.8) is 0 Å². The number of carbonyl (C=O) groups is 3. The fourth-order valence-electron chi connectivity index (χ4n) is 4.56. The number of hydrogen-bond acceptors (Lipinski definition) is 5. The van der Waals surface area contributed by atoms with E-state index >= 15 is 0 Å². The number of aromatic amines is 1. The third-order valence-corrected chi connectivity index (χ3v) is 5.82. The van der Waals surface area contributed by atoms with Gasteiger partial charge in [-0.2, -0.15) is 0 Å². The van der Waals surface area contributed by atoms with E-state index in [0.717, 1.165) is 17.6 Å². The van der Waals surface area contributed by atoms with Crippen LogP contribution in [0.1, 0.15) is 30.1 Å². The second-order valence-electron chi connectivity index (χ2n) is 7.14. The van der Waals surface area contributed by atoms with E-state index in [1.807, 2.05) is 23.1 Å². The summed E-state index contributed by atoms with van der Waals surface area (Å²) in [6.45, 7) is 0.645. The molecule has 2 aliphatic rings. The van der Waals surface area contributed by atoms with Crippen LogP contribution in [-0.2, 0) is 30.3 Å². The number of rotatable bonds is 3. The Morgan fingerprint density at radius 2 is 1.89 bits per heavy atom. The smallest absolute Gasteiger partial charge is 0.320 e. The van der Waals surface area contributed by atoms with Gasteiger partial charge in [-0.05, 0) is 30.4 Å². The zero-order valence-corrected chi connectivity index (χ0v) is 15.4. The molecule has 1 aromatic heterocycles. The minimum atomic E-state index is -1.08. The van der Waals surface area contributed by atoms with Crippen LogP contribution in [0.4, 0.5) is 0 Å². The normalized spacial score (nSPS) is 21.7. The van der Waals surface area contributed by atoms with Crippen molar-refractivity contribution in [2.24, 2.45) is 11.8 Å². The molecule has 0 spiro atoms. The fourth-order valence-corrected chi connectivity index (χ4v) is 4.56. The topological polar surface area (TPSA) is 88.7 Å². The minimum absolute atomic E-state index is 0.0432. The van der Waals surface area contributed by atoms with Crippen LogP contribution in [0.15, 0.2) is 24.3 Å². The Labute approximate surface area is 156 Å². The molecular formula is C20H22N2O5. The molecule has 1 unspecified atom stereocenters. The van der Waals surface area contributed by atoms with Crippen LogP contribution in [0.2, 0.25) is 0 Å². The van der Waals surface area contributed by atoms with E-state index in [4.69, 9.17) is 9.47 Å². The van der Waals surface area contributed by atoms with Gasteiger partial charge >= 0.3 is 11.9 Å². The van der Waals surface area contributed by atoms with Gasteiger partial charge in [0.2, 0.25) is 5.91 Å². The summed E-state index contributed by atoms with van der Waals surface area (Å²) in [6, 6.07) is 7.90. The monoisotopic (exact) mass is 370 g/mol. The van der Waals surface area contributed by atoms with Gasteiger partial charge in [-0.1, -0.05) is 18.2 Å². The zero-order valence-electron chi connectivity index (χ0n) is 15.4. The molecule has 142 valence electrons. The number of fused-ring (bicyclic) bond motifs is 5. The highest BCUT2D eigenvalue weighted by molar-refractivity contribution is 5.96. The van der Waals surface area contributed by atoms with Crippen LogP contribution in [-0.4, -0.2) is 48.5 Å². The number of amides is 1. The molecule has 7 heteroatoms. The molecule has 0 bridgehead atoms. The Morgan fingerprint density at radius 3 is 2.59 bits per heavy atom. The molecule has 1 saturated heterocycles.